The van der Waals surface area contributed by atoms with Gasteiger partial charge in [-0.3, -0.25) is 9.20 Å². The predicted molar refractivity (Wildman–Crippen MR) is 51.5 cm³/mol. The van der Waals surface area contributed by atoms with Gasteiger partial charge in [0, 0.05) is 6.20 Å². The van der Waals surface area contributed by atoms with Gasteiger partial charge in [0.25, 0.3) is 0 Å². The molecule has 0 atom stereocenters. The Morgan fingerprint density at radius 3 is 3.07 bits per heavy atom. The molecule has 78 valence electrons. The first-order valence-corrected chi connectivity index (χ1v) is 4.50. The summed E-state index contributed by atoms with van der Waals surface area (Å²) in [7, 11) is 0. The second kappa shape index (κ2) is 3.51. The number of fused-ring (bicyclic) bond motifs is 1. The number of carboxylic acid groups (broad SMARTS) is 1. The molecule has 1 N–H and O–H groups in total. The molecule has 0 fully saturated rings. The molecule has 2 aromatic rings. The van der Waals surface area contributed by atoms with Gasteiger partial charge in [-0.15, -0.1) is 0 Å². The largest absolute Gasteiger partial charge is 0.481 e. The number of aliphatic carboxylic acids is 1. The summed E-state index contributed by atoms with van der Waals surface area (Å²) in [5.74, 6) is -1.35. The SMILES string of the molecule is O=C(O)Cc1nc(Cl)c2c(F)cccn12. The van der Waals surface area contributed by atoms with E-state index < -0.39 is 11.8 Å². The van der Waals surface area contributed by atoms with Crippen molar-refractivity contribution in [3.05, 3.63) is 35.1 Å². The van der Waals surface area contributed by atoms with Crippen LogP contribution in [0.1, 0.15) is 5.82 Å². The molecule has 0 radical (unpaired) electrons. The van der Waals surface area contributed by atoms with E-state index in [1.807, 2.05) is 0 Å². The zero-order valence-electron chi connectivity index (χ0n) is 7.44. The molecule has 0 aliphatic rings. The van der Waals surface area contributed by atoms with Crippen LogP contribution < -0.4 is 0 Å². The van der Waals surface area contributed by atoms with Crippen molar-refractivity contribution in [2.45, 2.75) is 6.42 Å². The summed E-state index contributed by atoms with van der Waals surface area (Å²) < 4.78 is 14.6. The van der Waals surface area contributed by atoms with Gasteiger partial charge in [0.15, 0.2) is 5.15 Å². The average Bonchev–Trinajstić information content (AvgIpc) is 2.44. The van der Waals surface area contributed by atoms with Gasteiger partial charge in [0.1, 0.15) is 23.6 Å². The van der Waals surface area contributed by atoms with Crippen molar-refractivity contribution < 1.29 is 14.3 Å². The number of carbonyl (C=O) groups is 1. The smallest absolute Gasteiger partial charge is 0.311 e. The Morgan fingerprint density at radius 1 is 1.67 bits per heavy atom. The molecule has 0 unspecified atom stereocenters. The van der Waals surface area contributed by atoms with Crippen LogP contribution in [0, 0.1) is 5.82 Å². The maximum atomic E-state index is 13.3. The lowest BCUT2D eigenvalue weighted by molar-refractivity contribution is -0.136. The number of aromatic nitrogens is 2. The quantitative estimate of drug-likeness (QED) is 0.852. The van der Waals surface area contributed by atoms with Crippen LogP contribution in [0.25, 0.3) is 5.52 Å². The first kappa shape index (κ1) is 9.92. The number of hydrogen-bond donors (Lipinski definition) is 1. The van der Waals surface area contributed by atoms with Gasteiger partial charge in [0.05, 0.1) is 0 Å². The number of rotatable bonds is 2. The van der Waals surface area contributed by atoms with Gasteiger partial charge in [-0.05, 0) is 12.1 Å². The maximum absolute atomic E-state index is 13.3. The Bertz CT molecular complexity index is 538. The Labute approximate surface area is 88.9 Å². The molecule has 0 aliphatic carbocycles. The summed E-state index contributed by atoms with van der Waals surface area (Å²) in [5.41, 5.74) is 0.107. The van der Waals surface area contributed by atoms with Crippen LogP contribution in [0.4, 0.5) is 4.39 Å². The molecule has 0 amide bonds. The fraction of sp³-hybridized carbons (Fsp3) is 0.111. The van der Waals surface area contributed by atoms with E-state index in [0.717, 1.165) is 0 Å². The normalized spacial score (nSPS) is 10.8. The van der Waals surface area contributed by atoms with E-state index in [-0.39, 0.29) is 22.9 Å². The lowest BCUT2D eigenvalue weighted by Crippen LogP contribution is -2.04. The lowest BCUT2D eigenvalue weighted by atomic mass is 10.4. The van der Waals surface area contributed by atoms with Gasteiger partial charge in [-0.2, -0.15) is 0 Å². The highest BCUT2D eigenvalue weighted by atomic mass is 35.5. The number of carboxylic acids is 1. The molecule has 0 spiro atoms. The molecule has 0 aliphatic heterocycles. The Hall–Kier alpha value is -1.62. The fourth-order valence-corrected chi connectivity index (χ4v) is 1.65. The second-order valence-corrected chi connectivity index (χ2v) is 3.32. The van der Waals surface area contributed by atoms with Crippen LogP contribution in [-0.2, 0) is 11.2 Å². The van der Waals surface area contributed by atoms with Crippen LogP contribution in [-0.4, -0.2) is 20.5 Å². The van der Waals surface area contributed by atoms with Gasteiger partial charge < -0.3 is 5.11 Å². The number of hydrogen-bond acceptors (Lipinski definition) is 2. The third-order valence-corrected chi connectivity index (χ3v) is 2.22. The number of nitrogens with zero attached hydrogens (tertiary/aromatic N) is 2. The van der Waals surface area contributed by atoms with E-state index in [1.54, 1.807) is 0 Å². The summed E-state index contributed by atoms with van der Waals surface area (Å²) in [6, 6.07) is 2.71. The summed E-state index contributed by atoms with van der Waals surface area (Å²) in [5, 5.41) is 8.59. The first-order chi connectivity index (χ1) is 7.09. The molecule has 0 aromatic carbocycles. The van der Waals surface area contributed by atoms with Gasteiger partial charge >= 0.3 is 5.97 Å². The minimum Gasteiger partial charge on any atom is -0.481 e. The van der Waals surface area contributed by atoms with Crippen LogP contribution in [0.3, 0.4) is 0 Å². The van der Waals surface area contributed by atoms with Crippen molar-refractivity contribution in [3.63, 3.8) is 0 Å². The second-order valence-electron chi connectivity index (χ2n) is 2.96. The number of imidazole rings is 1. The van der Waals surface area contributed by atoms with E-state index >= 15 is 0 Å². The molecule has 4 nitrogen and oxygen atoms in total. The predicted octanol–water partition coefficient (Wildman–Crippen LogP) is 1.75. The van der Waals surface area contributed by atoms with Crippen molar-refractivity contribution >= 4 is 23.1 Å². The Balaban J connectivity index is 2.68. The maximum Gasteiger partial charge on any atom is 0.311 e. The molecule has 0 saturated carbocycles. The summed E-state index contributed by atoms with van der Waals surface area (Å²) in [6.45, 7) is 0. The molecule has 6 heteroatoms. The zero-order chi connectivity index (χ0) is 11.0. The topological polar surface area (TPSA) is 54.6 Å². The van der Waals surface area contributed by atoms with Crippen molar-refractivity contribution in [3.8, 4) is 0 Å². The third kappa shape index (κ3) is 1.66. The third-order valence-electron chi connectivity index (χ3n) is 1.95. The fourth-order valence-electron chi connectivity index (χ4n) is 1.38. The molecule has 2 rings (SSSR count). The Kier molecular flexibility index (Phi) is 2.32. The zero-order valence-corrected chi connectivity index (χ0v) is 8.20. The van der Waals surface area contributed by atoms with Crippen LogP contribution >= 0.6 is 11.6 Å². The molecule has 2 heterocycles. The van der Waals surface area contributed by atoms with Crippen molar-refractivity contribution in [2.24, 2.45) is 0 Å². The van der Waals surface area contributed by atoms with Gasteiger partial charge in [-0.1, -0.05) is 11.6 Å². The van der Waals surface area contributed by atoms with E-state index in [0.29, 0.717) is 0 Å². The first-order valence-electron chi connectivity index (χ1n) is 4.12. The van der Waals surface area contributed by atoms with E-state index in [9.17, 15) is 9.18 Å². The minimum atomic E-state index is -1.04. The molecule has 2 aromatic heterocycles. The monoisotopic (exact) mass is 228 g/mol. The van der Waals surface area contributed by atoms with Crippen molar-refractivity contribution in [1.82, 2.24) is 9.38 Å². The van der Waals surface area contributed by atoms with Crippen LogP contribution in [0.2, 0.25) is 5.15 Å². The van der Waals surface area contributed by atoms with Crippen molar-refractivity contribution in [2.75, 3.05) is 0 Å². The standard InChI is InChI=1S/C9H6ClFN2O2/c10-9-8-5(11)2-1-3-13(8)6(12-9)4-7(14)15/h1-3H,4H2,(H,14,15). The minimum absolute atomic E-state index is 0.0237. The molecule has 0 saturated heterocycles. The molecular formula is C9H6ClFN2O2. The van der Waals surface area contributed by atoms with Crippen LogP contribution in [0.15, 0.2) is 18.3 Å². The van der Waals surface area contributed by atoms with Gasteiger partial charge in [0.2, 0.25) is 0 Å². The summed E-state index contributed by atoms with van der Waals surface area (Å²) in [6.07, 6.45) is 1.23. The van der Waals surface area contributed by atoms with Gasteiger partial charge in [-0.25, -0.2) is 9.37 Å². The highest BCUT2D eigenvalue weighted by Crippen LogP contribution is 2.21. The summed E-state index contributed by atoms with van der Waals surface area (Å²) in [4.78, 5) is 14.3. The Morgan fingerprint density at radius 2 is 2.40 bits per heavy atom. The number of pyridine rings is 1. The highest BCUT2D eigenvalue weighted by Gasteiger charge is 2.14. The van der Waals surface area contributed by atoms with E-state index in [2.05, 4.69) is 4.98 Å². The molecule has 15 heavy (non-hydrogen) atoms. The molecular weight excluding hydrogens is 223 g/mol. The molecule has 0 bridgehead atoms. The highest BCUT2D eigenvalue weighted by molar-refractivity contribution is 6.32. The van der Waals surface area contributed by atoms with E-state index in [4.69, 9.17) is 16.7 Å². The van der Waals surface area contributed by atoms with Crippen LogP contribution in [0.5, 0.6) is 0 Å². The lowest BCUT2D eigenvalue weighted by Gasteiger charge is -1.97. The number of halogens is 2. The summed E-state index contributed by atoms with van der Waals surface area (Å²) >= 11 is 5.70. The van der Waals surface area contributed by atoms with E-state index in [1.165, 1.54) is 22.7 Å². The van der Waals surface area contributed by atoms with Crippen molar-refractivity contribution in [1.29, 1.82) is 0 Å². The average molecular weight is 229 g/mol.